The molecule has 3 nitrogen and oxygen atoms in total. The van der Waals surface area contributed by atoms with Crippen molar-refractivity contribution in [3.05, 3.63) is 0 Å². The molecule has 0 spiro atoms. The van der Waals surface area contributed by atoms with Gasteiger partial charge in [0, 0.05) is 19.1 Å². The van der Waals surface area contributed by atoms with Crippen LogP contribution in [-0.4, -0.2) is 43.9 Å². The largest absolute Gasteiger partial charge is 0.366 e. The molecule has 100 valence electrons. The Morgan fingerprint density at radius 3 is 2.41 bits per heavy atom. The lowest BCUT2D eigenvalue weighted by molar-refractivity contribution is 0.00634. The number of nitrogens with one attached hydrogen (secondary N) is 1. The summed E-state index contributed by atoms with van der Waals surface area (Å²) in [6.07, 6.45) is 5.44. The number of ether oxygens (including phenoxy) is 1. The fraction of sp³-hybridized carbons (Fsp3) is 1.00. The van der Waals surface area contributed by atoms with Crippen LogP contribution in [0.25, 0.3) is 0 Å². The summed E-state index contributed by atoms with van der Waals surface area (Å²) in [6.45, 7) is 9.93. The van der Waals surface area contributed by atoms with Gasteiger partial charge >= 0.3 is 0 Å². The van der Waals surface area contributed by atoms with Crippen molar-refractivity contribution < 1.29 is 4.74 Å². The first-order valence-electron chi connectivity index (χ1n) is 7.27. The molecule has 0 aromatic heterocycles. The van der Waals surface area contributed by atoms with Crippen LogP contribution in [0.2, 0.25) is 0 Å². The third-order valence-electron chi connectivity index (χ3n) is 3.85. The van der Waals surface area contributed by atoms with E-state index in [1.807, 2.05) is 0 Å². The Hall–Kier alpha value is -0.120. The highest BCUT2D eigenvalue weighted by atomic mass is 16.5. The molecular formula is C14H28N2O. The third-order valence-corrected chi connectivity index (χ3v) is 3.85. The molecule has 0 aromatic carbocycles. The predicted octanol–water partition coefficient (Wildman–Crippen LogP) is 2.08. The first-order chi connectivity index (χ1) is 8.24. The molecule has 0 unspecified atom stereocenters. The van der Waals surface area contributed by atoms with E-state index in [0.717, 1.165) is 25.2 Å². The molecule has 2 aliphatic rings. The van der Waals surface area contributed by atoms with E-state index in [0.29, 0.717) is 6.04 Å². The van der Waals surface area contributed by atoms with Gasteiger partial charge in [-0.2, -0.15) is 0 Å². The molecule has 0 bridgehead atoms. The minimum atomic E-state index is 0.620. The molecule has 0 radical (unpaired) electrons. The highest BCUT2D eigenvalue weighted by Crippen LogP contribution is 2.28. The van der Waals surface area contributed by atoms with Gasteiger partial charge in [0.05, 0.1) is 13.3 Å². The summed E-state index contributed by atoms with van der Waals surface area (Å²) in [7, 11) is 0. The Balaban J connectivity index is 1.50. The van der Waals surface area contributed by atoms with Crippen LogP contribution >= 0.6 is 0 Å². The van der Waals surface area contributed by atoms with Gasteiger partial charge in [-0.05, 0) is 44.1 Å². The van der Waals surface area contributed by atoms with Crippen molar-refractivity contribution in [2.24, 2.45) is 11.8 Å². The Morgan fingerprint density at radius 2 is 1.82 bits per heavy atom. The monoisotopic (exact) mass is 240 g/mol. The summed E-state index contributed by atoms with van der Waals surface area (Å²) in [5.41, 5.74) is 0. The normalized spacial score (nSPS) is 23.5. The zero-order valence-corrected chi connectivity index (χ0v) is 11.5. The molecule has 1 aliphatic carbocycles. The van der Waals surface area contributed by atoms with Crippen molar-refractivity contribution in [1.82, 2.24) is 10.2 Å². The average Bonchev–Trinajstić information content (AvgIpc) is 3.12. The molecule has 1 saturated carbocycles. The number of piperidine rings is 1. The van der Waals surface area contributed by atoms with Crippen molar-refractivity contribution in [1.29, 1.82) is 0 Å². The standard InChI is InChI=1S/C14H28N2O/c1-12(2)15-9-13-5-7-16(8-6-13)11-17-10-14-3-4-14/h12-15H,3-11H2,1-2H3. The van der Waals surface area contributed by atoms with Gasteiger partial charge in [0.2, 0.25) is 0 Å². The van der Waals surface area contributed by atoms with Crippen LogP contribution in [0.3, 0.4) is 0 Å². The van der Waals surface area contributed by atoms with Gasteiger partial charge in [-0.15, -0.1) is 0 Å². The quantitative estimate of drug-likeness (QED) is 0.737. The minimum Gasteiger partial charge on any atom is -0.366 e. The molecule has 2 rings (SSSR count). The molecule has 0 atom stereocenters. The van der Waals surface area contributed by atoms with E-state index in [1.165, 1.54) is 45.3 Å². The van der Waals surface area contributed by atoms with Gasteiger partial charge in [-0.1, -0.05) is 13.8 Å². The van der Waals surface area contributed by atoms with E-state index in [9.17, 15) is 0 Å². The van der Waals surface area contributed by atoms with Crippen LogP contribution in [0.4, 0.5) is 0 Å². The summed E-state index contributed by atoms with van der Waals surface area (Å²) >= 11 is 0. The van der Waals surface area contributed by atoms with Crippen LogP contribution in [0.1, 0.15) is 39.5 Å². The maximum Gasteiger partial charge on any atom is 0.0990 e. The van der Waals surface area contributed by atoms with Gasteiger partial charge in [0.1, 0.15) is 0 Å². The van der Waals surface area contributed by atoms with Crippen molar-refractivity contribution in [3.8, 4) is 0 Å². The second-order valence-corrected chi connectivity index (χ2v) is 6.07. The Morgan fingerprint density at radius 1 is 1.12 bits per heavy atom. The van der Waals surface area contributed by atoms with Crippen LogP contribution in [0.5, 0.6) is 0 Å². The van der Waals surface area contributed by atoms with Gasteiger partial charge in [0.25, 0.3) is 0 Å². The summed E-state index contributed by atoms with van der Waals surface area (Å²) < 4.78 is 5.74. The molecule has 2 fully saturated rings. The van der Waals surface area contributed by atoms with Crippen LogP contribution in [-0.2, 0) is 4.74 Å². The Bertz CT molecular complexity index is 208. The van der Waals surface area contributed by atoms with Crippen LogP contribution in [0.15, 0.2) is 0 Å². The fourth-order valence-corrected chi connectivity index (χ4v) is 2.36. The van der Waals surface area contributed by atoms with E-state index >= 15 is 0 Å². The molecular weight excluding hydrogens is 212 g/mol. The lowest BCUT2D eigenvalue weighted by Crippen LogP contribution is -2.39. The van der Waals surface area contributed by atoms with E-state index in [1.54, 1.807) is 0 Å². The zero-order chi connectivity index (χ0) is 12.1. The topological polar surface area (TPSA) is 24.5 Å². The average molecular weight is 240 g/mol. The Kier molecular flexibility index (Phi) is 5.26. The lowest BCUT2D eigenvalue weighted by Gasteiger charge is -2.32. The summed E-state index contributed by atoms with van der Waals surface area (Å²) in [5, 5.41) is 3.55. The van der Waals surface area contributed by atoms with Crippen LogP contribution < -0.4 is 5.32 Å². The van der Waals surface area contributed by atoms with E-state index < -0.39 is 0 Å². The number of hydrogen-bond acceptors (Lipinski definition) is 3. The van der Waals surface area contributed by atoms with Crippen molar-refractivity contribution >= 4 is 0 Å². The predicted molar refractivity (Wildman–Crippen MR) is 71.0 cm³/mol. The molecule has 1 heterocycles. The van der Waals surface area contributed by atoms with Crippen molar-refractivity contribution in [2.75, 3.05) is 33.0 Å². The van der Waals surface area contributed by atoms with Crippen LogP contribution in [0, 0.1) is 11.8 Å². The second kappa shape index (κ2) is 6.72. The molecule has 1 saturated heterocycles. The molecule has 0 amide bonds. The third kappa shape index (κ3) is 5.36. The van der Waals surface area contributed by atoms with Crippen molar-refractivity contribution in [2.45, 2.75) is 45.6 Å². The highest BCUT2D eigenvalue weighted by Gasteiger charge is 2.23. The number of likely N-dealkylation sites (tertiary alicyclic amines) is 1. The smallest absolute Gasteiger partial charge is 0.0990 e. The molecule has 1 N–H and O–H groups in total. The Labute approximate surface area is 106 Å². The van der Waals surface area contributed by atoms with E-state index in [-0.39, 0.29) is 0 Å². The summed E-state index contributed by atoms with van der Waals surface area (Å²) in [5.74, 6) is 1.76. The summed E-state index contributed by atoms with van der Waals surface area (Å²) in [4.78, 5) is 2.47. The first-order valence-corrected chi connectivity index (χ1v) is 7.27. The lowest BCUT2D eigenvalue weighted by atomic mass is 9.97. The zero-order valence-electron chi connectivity index (χ0n) is 11.5. The van der Waals surface area contributed by atoms with E-state index in [2.05, 4.69) is 24.1 Å². The van der Waals surface area contributed by atoms with E-state index in [4.69, 9.17) is 4.74 Å². The van der Waals surface area contributed by atoms with Gasteiger partial charge in [0.15, 0.2) is 0 Å². The number of nitrogens with zero attached hydrogens (tertiary/aromatic N) is 1. The highest BCUT2D eigenvalue weighted by molar-refractivity contribution is 4.74. The van der Waals surface area contributed by atoms with Gasteiger partial charge < -0.3 is 10.1 Å². The molecule has 17 heavy (non-hydrogen) atoms. The number of hydrogen-bond donors (Lipinski definition) is 1. The maximum atomic E-state index is 5.74. The summed E-state index contributed by atoms with van der Waals surface area (Å²) in [6, 6.07) is 0.620. The van der Waals surface area contributed by atoms with Gasteiger partial charge in [-0.3, -0.25) is 4.90 Å². The maximum absolute atomic E-state index is 5.74. The SMILES string of the molecule is CC(C)NCC1CCN(COCC2CC2)CC1. The van der Waals surface area contributed by atoms with Gasteiger partial charge in [-0.25, -0.2) is 0 Å². The van der Waals surface area contributed by atoms with Crippen molar-refractivity contribution in [3.63, 3.8) is 0 Å². The molecule has 1 aliphatic heterocycles. The fourth-order valence-electron chi connectivity index (χ4n) is 2.36. The second-order valence-electron chi connectivity index (χ2n) is 6.07. The molecule has 3 heteroatoms. The molecule has 0 aromatic rings. The number of rotatable bonds is 7. The first kappa shape index (κ1) is 13.3. The minimum absolute atomic E-state index is 0.620.